The maximum absolute atomic E-state index is 6.12. The van der Waals surface area contributed by atoms with Crippen molar-refractivity contribution < 1.29 is 4.74 Å². The fourth-order valence-corrected chi connectivity index (χ4v) is 3.00. The molecule has 0 fully saturated rings. The number of rotatable bonds is 2. The van der Waals surface area contributed by atoms with Crippen LogP contribution >= 0.6 is 11.3 Å². The van der Waals surface area contributed by atoms with Crippen molar-refractivity contribution in [2.45, 2.75) is 33.1 Å². The molecule has 2 aromatic heterocycles. The number of thiophene rings is 1. The molecule has 2 heterocycles. The minimum atomic E-state index is 0.0160. The molecular formula is C17H18N2OS. The van der Waals surface area contributed by atoms with Gasteiger partial charge < -0.3 is 4.74 Å². The fraction of sp³-hybridized carbons (Fsp3) is 0.294. The van der Waals surface area contributed by atoms with Gasteiger partial charge in [-0.1, -0.05) is 38.5 Å². The summed E-state index contributed by atoms with van der Waals surface area (Å²) in [4.78, 5) is 9.50. The molecule has 3 aromatic rings. The van der Waals surface area contributed by atoms with Gasteiger partial charge >= 0.3 is 0 Å². The topological polar surface area (TPSA) is 35.0 Å². The Bertz CT molecular complexity index is 787. The van der Waals surface area contributed by atoms with E-state index in [9.17, 15) is 0 Å². The highest BCUT2D eigenvalue weighted by atomic mass is 32.1. The maximum atomic E-state index is 6.12. The summed E-state index contributed by atoms with van der Waals surface area (Å²) in [6.45, 7) is 8.67. The van der Waals surface area contributed by atoms with Gasteiger partial charge in [-0.2, -0.15) is 0 Å². The predicted molar refractivity (Wildman–Crippen MR) is 87.4 cm³/mol. The normalized spacial score (nSPS) is 11.8. The van der Waals surface area contributed by atoms with Crippen molar-refractivity contribution >= 4 is 21.6 Å². The van der Waals surface area contributed by atoms with E-state index >= 15 is 0 Å². The van der Waals surface area contributed by atoms with Crippen LogP contribution < -0.4 is 4.74 Å². The molecule has 0 bridgehead atoms. The zero-order chi connectivity index (χ0) is 15.0. The van der Waals surface area contributed by atoms with Crippen molar-refractivity contribution in [1.82, 2.24) is 9.97 Å². The van der Waals surface area contributed by atoms with Gasteiger partial charge in [-0.25, -0.2) is 9.97 Å². The van der Waals surface area contributed by atoms with Gasteiger partial charge in [-0.15, -0.1) is 11.3 Å². The Balaban J connectivity index is 2.08. The standard InChI is InChI=1S/C17H18N2OS/c1-11-5-6-14(13(9-11)17(2,3)4)20-15-12-7-8-21-16(12)19-10-18-15/h5-10H,1-4H3. The second-order valence-corrected chi connectivity index (χ2v) is 7.06. The summed E-state index contributed by atoms with van der Waals surface area (Å²) in [7, 11) is 0. The Kier molecular flexibility index (Phi) is 3.41. The van der Waals surface area contributed by atoms with E-state index in [1.807, 2.05) is 17.5 Å². The van der Waals surface area contributed by atoms with Crippen LogP contribution in [0.3, 0.4) is 0 Å². The van der Waals surface area contributed by atoms with Gasteiger partial charge in [0.25, 0.3) is 0 Å². The molecule has 0 amide bonds. The third kappa shape index (κ3) is 2.76. The first kappa shape index (κ1) is 14.0. The molecule has 0 unspecified atom stereocenters. The second kappa shape index (κ2) is 5.11. The van der Waals surface area contributed by atoms with Gasteiger partial charge in [0.1, 0.15) is 16.9 Å². The third-order valence-corrected chi connectivity index (χ3v) is 4.20. The van der Waals surface area contributed by atoms with Gasteiger partial charge in [0.05, 0.1) is 5.39 Å². The first-order chi connectivity index (χ1) is 9.95. The van der Waals surface area contributed by atoms with E-state index in [4.69, 9.17) is 4.74 Å². The average molecular weight is 298 g/mol. The molecule has 0 aliphatic carbocycles. The number of benzene rings is 1. The molecule has 0 N–H and O–H groups in total. The summed E-state index contributed by atoms with van der Waals surface area (Å²) >= 11 is 1.59. The number of hydrogen-bond donors (Lipinski definition) is 0. The molecule has 0 spiro atoms. The number of fused-ring (bicyclic) bond motifs is 1. The smallest absolute Gasteiger partial charge is 0.231 e. The number of ether oxygens (including phenoxy) is 1. The molecule has 3 nitrogen and oxygen atoms in total. The number of nitrogens with zero attached hydrogens (tertiary/aromatic N) is 2. The molecule has 1 aromatic carbocycles. The highest BCUT2D eigenvalue weighted by Crippen LogP contribution is 2.36. The summed E-state index contributed by atoms with van der Waals surface area (Å²) in [6.07, 6.45) is 1.55. The van der Waals surface area contributed by atoms with Gasteiger partial charge in [-0.05, 0) is 29.9 Å². The van der Waals surface area contributed by atoms with Gasteiger partial charge in [0.2, 0.25) is 5.88 Å². The van der Waals surface area contributed by atoms with E-state index in [1.165, 1.54) is 11.1 Å². The molecule has 21 heavy (non-hydrogen) atoms. The van der Waals surface area contributed by atoms with Crippen LogP contribution in [-0.4, -0.2) is 9.97 Å². The van der Waals surface area contributed by atoms with Crippen LogP contribution in [0.5, 0.6) is 11.6 Å². The molecule has 108 valence electrons. The SMILES string of the molecule is Cc1ccc(Oc2ncnc3sccc23)c(C(C)(C)C)c1. The Morgan fingerprint density at radius 1 is 1.10 bits per heavy atom. The van der Waals surface area contributed by atoms with E-state index in [2.05, 4.69) is 49.8 Å². The van der Waals surface area contributed by atoms with E-state index < -0.39 is 0 Å². The van der Waals surface area contributed by atoms with Crippen LogP contribution in [0.1, 0.15) is 31.9 Å². The van der Waals surface area contributed by atoms with E-state index in [-0.39, 0.29) is 5.41 Å². The van der Waals surface area contributed by atoms with Crippen molar-refractivity contribution in [3.05, 3.63) is 47.1 Å². The van der Waals surface area contributed by atoms with Gasteiger partial charge in [0.15, 0.2) is 0 Å². The van der Waals surface area contributed by atoms with Crippen molar-refractivity contribution in [1.29, 1.82) is 0 Å². The fourth-order valence-electron chi connectivity index (χ4n) is 2.27. The highest BCUT2D eigenvalue weighted by Gasteiger charge is 2.20. The van der Waals surface area contributed by atoms with E-state index in [0.717, 1.165) is 16.0 Å². The summed E-state index contributed by atoms with van der Waals surface area (Å²) < 4.78 is 6.12. The largest absolute Gasteiger partial charge is 0.438 e. The summed E-state index contributed by atoms with van der Waals surface area (Å²) in [5.74, 6) is 1.48. The lowest BCUT2D eigenvalue weighted by molar-refractivity contribution is 0.444. The van der Waals surface area contributed by atoms with Crippen molar-refractivity contribution in [2.75, 3.05) is 0 Å². The molecule has 3 rings (SSSR count). The molecule has 0 saturated heterocycles. The molecule has 0 atom stereocenters. The zero-order valence-corrected chi connectivity index (χ0v) is 13.5. The van der Waals surface area contributed by atoms with Crippen LogP contribution in [0.15, 0.2) is 36.0 Å². The molecular weight excluding hydrogens is 280 g/mol. The Labute approximate surface area is 128 Å². The summed E-state index contributed by atoms with van der Waals surface area (Å²) in [5.41, 5.74) is 2.43. The maximum Gasteiger partial charge on any atom is 0.231 e. The van der Waals surface area contributed by atoms with Gasteiger partial charge in [-0.3, -0.25) is 0 Å². The quantitative estimate of drug-likeness (QED) is 0.661. The van der Waals surface area contributed by atoms with Crippen LogP contribution in [0.2, 0.25) is 0 Å². The van der Waals surface area contributed by atoms with Crippen LogP contribution in [-0.2, 0) is 5.41 Å². The first-order valence-electron chi connectivity index (χ1n) is 6.92. The van der Waals surface area contributed by atoms with Crippen LogP contribution in [0.25, 0.3) is 10.2 Å². The summed E-state index contributed by atoms with van der Waals surface area (Å²) in [5, 5.41) is 2.97. The molecule has 0 radical (unpaired) electrons. The molecule has 4 heteroatoms. The first-order valence-corrected chi connectivity index (χ1v) is 7.80. The Morgan fingerprint density at radius 3 is 2.67 bits per heavy atom. The second-order valence-electron chi connectivity index (χ2n) is 6.17. The van der Waals surface area contributed by atoms with Crippen LogP contribution in [0.4, 0.5) is 0 Å². The third-order valence-electron chi connectivity index (χ3n) is 3.37. The van der Waals surface area contributed by atoms with Crippen molar-refractivity contribution in [2.24, 2.45) is 0 Å². The lowest BCUT2D eigenvalue weighted by atomic mass is 9.85. The summed E-state index contributed by atoms with van der Waals surface area (Å²) in [6, 6.07) is 8.27. The lowest BCUT2D eigenvalue weighted by Crippen LogP contribution is -2.13. The molecule has 0 aliphatic heterocycles. The number of aromatic nitrogens is 2. The van der Waals surface area contributed by atoms with E-state index in [0.29, 0.717) is 5.88 Å². The zero-order valence-electron chi connectivity index (χ0n) is 12.7. The Hall–Kier alpha value is -1.94. The highest BCUT2D eigenvalue weighted by molar-refractivity contribution is 7.16. The van der Waals surface area contributed by atoms with Crippen molar-refractivity contribution in [3.63, 3.8) is 0 Å². The van der Waals surface area contributed by atoms with Crippen LogP contribution in [0, 0.1) is 6.92 Å². The van der Waals surface area contributed by atoms with E-state index in [1.54, 1.807) is 17.7 Å². The average Bonchev–Trinajstić information content (AvgIpc) is 2.89. The molecule has 0 aliphatic rings. The predicted octanol–water partition coefficient (Wildman–Crippen LogP) is 5.09. The monoisotopic (exact) mass is 298 g/mol. The minimum absolute atomic E-state index is 0.0160. The minimum Gasteiger partial charge on any atom is -0.438 e. The number of aryl methyl sites for hydroxylation is 1. The molecule has 0 saturated carbocycles. The van der Waals surface area contributed by atoms with Gasteiger partial charge in [0, 0.05) is 5.56 Å². The lowest BCUT2D eigenvalue weighted by Gasteiger charge is -2.23. The number of hydrogen-bond acceptors (Lipinski definition) is 4. The Morgan fingerprint density at radius 2 is 1.90 bits per heavy atom. The van der Waals surface area contributed by atoms with Crippen molar-refractivity contribution in [3.8, 4) is 11.6 Å².